The van der Waals surface area contributed by atoms with Crippen molar-refractivity contribution in [2.75, 3.05) is 13.1 Å². The summed E-state index contributed by atoms with van der Waals surface area (Å²) in [6, 6.07) is 0. The largest absolute Gasteiger partial charge is 0.390 e. The fourth-order valence-electron chi connectivity index (χ4n) is 7.33. The maximum atomic E-state index is 12.9. The van der Waals surface area contributed by atoms with E-state index in [1.54, 1.807) is 26.8 Å². The van der Waals surface area contributed by atoms with E-state index in [0.29, 0.717) is 18.4 Å². The lowest BCUT2D eigenvalue weighted by Gasteiger charge is -2.48. The molecule has 3 aliphatic rings. The number of aliphatic hydroxyl groups is 2. The minimum absolute atomic E-state index is 0.00875. The Labute approximate surface area is 295 Å². The van der Waals surface area contributed by atoms with E-state index in [9.17, 15) is 24.6 Å². The van der Waals surface area contributed by atoms with Crippen LogP contribution < -0.4 is 10.6 Å². The van der Waals surface area contributed by atoms with Crippen LogP contribution in [0.25, 0.3) is 0 Å². The molecule has 11 atom stereocenters. The third kappa shape index (κ3) is 13.2. The Hall–Kier alpha value is -2.11. The van der Waals surface area contributed by atoms with E-state index in [1.165, 1.54) is 6.08 Å². The molecule has 4 N–H and O–H groups in total. The van der Waals surface area contributed by atoms with Crippen LogP contribution >= 0.6 is 0 Å². The van der Waals surface area contributed by atoms with Crippen molar-refractivity contribution in [3.8, 4) is 0 Å². The molecule has 0 aromatic carbocycles. The molecular formula is C39H66N2O8. The van der Waals surface area contributed by atoms with Crippen LogP contribution in [0.4, 0.5) is 0 Å². The molecule has 0 bridgehead atoms. The van der Waals surface area contributed by atoms with Gasteiger partial charge in [0.15, 0.2) is 11.6 Å². The second-order valence-electron chi connectivity index (χ2n) is 15.3. The SMILES string of the molecule is C/C=C/C(=O)C[C@@H]1CC[C@H](C)[C@H](C(=O)NC[C@H](O)[C@H](C)C(=O)NCCC[C@@H]2O[C@]3(CCC[C@H](CC[C@H](C)/C=C(\C)[C@@H](C)O)O3)CC[C@H]2C)O1. The Morgan fingerprint density at radius 1 is 0.939 bits per heavy atom. The lowest BCUT2D eigenvalue weighted by Crippen LogP contribution is -2.50. The number of nitrogens with one attached hydrogen (secondary N) is 2. The average Bonchev–Trinajstić information content (AvgIpc) is 3.06. The fourth-order valence-corrected chi connectivity index (χ4v) is 7.33. The quantitative estimate of drug-likeness (QED) is 0.0886. The van der Waals surface area contributed by atoms with Crippen molar-refractivity contribution < 1.29 is 38.8 Å². The van der Waals surface area contributed by atoms with Crippen molar-refractivity contribution in [2.45, 2.75) is 168 Å². The number of ether oxygens (including phenoxy) is 3. The highest BCUT2D eigenvalue weighted by Crippen LogP contribution is 2.43. The number of amides is 2. The summed E-state index contributed by atoms with van der Waals surface area (Å²) in [5.41, 5.74) is 1.01. The zero-order valence-electron chi connectivity index (χ0n) is 31.2. The standard InChI is InChI=1S/C39H66N2O8/c1-8-11-31(43)23-33-17-15-27(4)36(47-33)38(46)41-24-34(44)29(6)37(45)40-21-10-13-35-26(3)18-20-39(49-35)19-9-12-32(48-39)16-14-25(2)22-28(5)30(7)42/h8,11,22,25-27,29-30,32-36,42,44H,9-10,12-21,23-24H2,1-7H3,(H,40,45)(H,41,46)/b11-8+,28-22+/t25-,26+,27-,29-,30+,32+,33-,34-,35-,36+,39+/m0/s1. The molecule has 0 aromatic rings. The van der Waals surface area contributed by atoms with Crippen LogP contribution in [-0.4, -0.2) is 83.3 Å². The van der Waals surface area contributed by atoms with Crippen LogP contribution in [0.1, 0.15) is 126 Å². The maximum Gasteiger partial charge on any atom is 0.249 e. The molecule has 0 aromatic heterocycles. The van der Waals surface area contributed by atoms with E-state index in [0.717, 1.165) is 76.2 Å². The molecule has 2 amide bonds. The molecule has 3 heterocycles. The summed E-state index contributed by atoms with van der Waals surface area (Å²) in [6.07, 6.45) is 13.4. The molecule has 0 aliphatic carbocycles. The monoisotopic (exact) mass is 690 g/mol. The van der Waals surface area contributed by atoms with Gasteiger partial charge in [-0.2, -0.15) is 0 Å². The number of aliphatic hydroxyl groups excluding tert-OH is 2. The minimum Gasteiger partial charge on any atom is -0.390 e. The normalized spacial score (nSPS) is 32.0. The van der Waals surface area contributed by atoms with E-state index in [2.05, 4.69) is 30.6 Å². The van der Waals surface area contributed by atoms with Gasteiger partial charge < -0.3 is 35.1 Å². The molecule has 280 valence electrons. The predicted molar refractivity (Wildman–Crippen MR) is 190 cm³/mol. The average molecular weight is 691 g/mol. The smallest absolute Gasteiger partial charge is 0.249 e. The number of carbonyl (C=O) groups excluding carboxylic acids is 3. The van der Waals surface area contributed by atoms with Gasteiger partial charge in [0, 0.05) is 32.4 Å². The van der Waals surface area contributed by atoms with E-state index in [1.807, 2.05) is 13.8 Å². The first kappa shape index (κ1) is 41.3. The molecule has 0 unspecified atom stereocenters. The van der Waals surface area contributed by atoms with Gasteiger partial charge >= 0.3 is 0 Å². The first-order valence-electron chi connectivity index (χ1n) is 19.0. The minimum atomic E-state index is -1.05. The molecule has 0 saturated carbocycles. The predicted octanol–water partition coefficient (Wildman–Crippen LogP) is 5.54. The Balaban J connectivity index is 1.38. The molecule has 10 nitrogen and oxygen atoms in total. The van der Waals surface area contributed by atoms with Crippen molar-refractivity contribution in [1.82, 2.24) is 10.6 Å². The first-order chi connectivity index (χ1) is 23.2. The van der Waals surface area contributed by atoms with Gasteiger partial charge in [-0.1, -0.05) is 39.8 Å². The molecule has 49 heavy (non-hydrogen) atoms. The van der Waals surface area contributed by atoms with Crippen molar-refractivity contribution >= 4 is 17.6 Å². The number of allylic oxidation sites excluding steroid dienone is 3. The zero-order chi connectivity index (χ0) is 36.1. The summed E-state index contributed by atoms with van der Waals surface area (Å²) >= 11 is 0. The van der Waals surface area contributed by atoms with Crippen molar-refractivity contribution in [3.63, 3.8) is 0 Å². The van der Waals surface area contributed by atoms with Gasteiger partial charge in [-0.05, 0) is 108 Å². The second-order valence-corrected chi connectivity index (χ2v) is 15.3. The summed E-state index contributed by atoms with van der Waals surface area (Å²) in [5, 5.41) is 26.2. The number of rotatable bonds is 17. The Morgan fingerprint density at radius 2 is 1.69 bits per heavy atom. The lowest BCUT2D eigenvalue weighted by atomic mass is 9.85. The van der Waals surface area contributed by atoms with E-state index < -0.39 is 30.0 Å². The Kier molecular flexibility index (Phi) is 16.9. The van der Waals surface area contributed by atoms with Crippen molar-refractivity contribution in [2.24, 2.45) is 23.7 Å². The number of hydrogen-bond donors (Lipinski definition) is 4. The van der Waals surface area contributed by atoms with Gasteiger partial charge in [0.25, 0.3) is 0 Å². The highest BCUT2D eigenvalue weighted by atomic mass is 16.7. The molecule has 10 heteroatoms. The Bertz CT molecular complexity index is 1120. The summed E-state index contributed by atoms with van der Waals surface area (Å²) in [4.78, 5) is 37.8. The van der Waals surface area contributed by atoms with Crippen LogP contribution in [0, 0.1) is 23.7 Å². The third-order valence-corrected chi connectivity index (χ3v) is 10.9. The maximum absolute atomic E-state index is 12.9. The Morgan fingerprint density at radius 3 is 2.41 bits per heavy atom. The van der Waals surface area contributed by atoms with E-state index in [-0.39, 0.29) is 54.8 Å². The lowest BCUT2D eigenvalue weighted by molar-refractivity contribution is -0.324. The molecule has 0 radical (unpaired) electrons. The van der Waals surface area contributed by atoms with E-state index in [4.69, 9.17) is 14.2 Å². The highest BCUT2D eigenvalue weighted by Gasteiger charge is 2.44. The number of ketones is 1. The fraction of sp³-hybridized carbons (Fsp3) is 0.821. The van der Waals surface area contributed by atoms with Crippen LogP contribution in [0.15, 0.2) is 23.8 Å². The molecule has 3 rings (SSSR count). The summed E-state index contributed by atoms with van der Waals surface area (Å²) < 4.78 is 19.3. The van der Waals surface area contributed by atoms with Gasteiger partial charge in [-0.3, -0.25) is 14.4 Å². The van der Waals surface area contributed by atoms with Gasteiger partial charge in [-0.25, -0.2) is 0 Å². The van der Waals surface area contributed by atoms with Crippen LogP contribution in [0.2, 0.25) is 0 Å². The first-order valence-corrected chi connectivity index (χ1v) is 19.0. The van der Waals surface area contributed by atoms with Gasteiger partial charge in [0.1, 0.15) is 6.10 Å². The number of carbonyl (C=O) groups is 3. The topological polar surface area (TPSA) is 143 Å². The van der Waals surface area contributed by atoms with Crippen molar-refractivity contribution in [3.05, 3.63) is 23.8 Å². The molecule has 1 spiro atoms. The summed E-state index contributed by atoms with van der Waals surface area (Å²) in [7, 11) is 0. The molecule has 3 fully saturated rings. The van der Waals surface area contributed by atoms with Crippen LogP contribution in [-0.2, 0) is 28.6 Å². The van der Waals surface area contributed by atoms with Gasteiger partial charge in [0.2, 0.25) is 11.8 Å². The molecule has 3 aliphatic heterocycles. The molecular weight excluding hydrogens is 624 g/mol. The van der Waals surface area contributed by atoms with E-state index >= 15 is 0 Å². The summed E-state index contributed by atoms with van der Waals surface area (Å²) in [5.74, 6) is -1.06. The third-order valence-electron chi connectivity index (χ3n) is 10.9. The second kappa shape index (κ2) is 20.1. The molecule has 3 saturated heterocycles. The van der Waals surface area contributed by atoms with Crippen LogP contribution in [0.5, 0.6) is 0 Å². The number of hydrogen-bond acceptors (Lipinski definition) is 8. The van der Waals surface area contributed by atoms with Crippen LogP contribution in [0.3, 0.4) is 0 Å². The van der Waals surface area contributed by atoms with Crippen molar-refractivity contribution in [1.29, 1.82) is 0 Å². The zero-order valence-corrected chi connectivity index (χ0v) is 31.2. The summed E-state index contributed by atoms with van der Waals surface area (Å²) in [6.45, 7) is 14.0. The van der Waals surface area contributed by atoms with Gasteiger partial charge in [0.05, 0.1) is 36.4 Å². The van der Waals surface area contributed by atoms with Gasteiger partial charge in [-0.15, -0.1) is 0 Å². The highest BCUT2D eigenvalue weighted by molar-refractivity contribution is 5.90.